The second-order valence-corrected chi connectivity index (χ2v) is 11.8. The minimum atomic E-state index is -0.980. The lowest BCUT2D eigenvalue weighted by molar-refractivity contribution is 0.0493. The van der Waals surface area contributed by atoms with Gasteiger partial charge in [-0.2, -0.15) is 0 Å². The molecule has 1 atom stereocenters. The van der Waals surface area contributed by atoms with Gasteiger partial charge in [-0.1, -0.05) is 25.1 Å². The van der Waals surface area contributed by atoms with Crippen LogP contribution in [-0.4, -0.2) is 81.7 Å². The smallest absolute Gasteiger partial charge is 0.335 e. The third kappa shape index (κ3) is 6.56. The van der Waals surface area contributed by atoms with Crippen LogP contribution in [0.15, 0.2) is 60.7 Å². The van der Waals surface area contributed by atoms with Gasteiger partial charge in [-0.15, -0.1) is 0 Å². The molecule has 0 radical (unpaired) electrons. The van der Waals surface area contributed by atoms with Crippen LogP contribution in [0.3, 0.4) is 0 Å². The van der Waals surface area contributed by atoms with Crippen molar-refractivity contribution >= 4 is 12.0 Å². The van der Waals surface area contributed by atoms with Gasteiger partial charge in [0.15, 0.2) is 0 Å². The number of piperidine rings is 1. The van der Waals surface area contributed by atoms with E-state index in [0.717, 1.165) is 68.6 Å². The van der Waals surface area contributed by atoms with Crippen LogP contribution in [0.4, 0.5) is 9.18 Å². The maximum Gasteiger partial charge on any atom is 0.335 e. The molecule has 3 aliphatic heterocycles. The van der Waals surface area contributed by atoms with Crippen LogP contribution in [0, 0.1) is 5.82 Å². The van der Waals surface area contributed by atoms with E-state index in [1.165, 1.54) is 18.2 Å². The SMILES string of the molecule is CCc1nc(Oc2ccc(C(=O)O)cc2)ccc1CN1CCC(N2C(=O)N(C3CCOCC3)CC2c2cccc(F)c2)CC1. The van der Waals surface area contributed by atoms with Gasteiger partial charge in [0.2, 0.25) is 5.88 Å². The summed E-state index contributed by atoms with van der Waals surface area (Å²) in [4.78, 5) is 36.2. The van der Waals surface area contributed by atoms with Crippen LogP contribution >= 0.6 is 0 Å². The number of aryl methyl sites for hydroxylation is 1. The Morgan fingerprint density at radius 3 is 2.45 bits per heavy atom. The summed E-state index contributed by atoms with van der Waals surface area (Å²) in [6.07, 6.45) is 4.12. The Morgan fingerprint density at radius 1 is 1.02 bits per heavy atom. The lowest BCUT2D eigenvalue weighted by Crippen LogP contribution is -2.48. The molecule has 6 rings (SSSR count). The predicted molar refractivity (Wildman–Crippen MR) is 162 cm³/mol. The number of urea groups is 1. The number of pyridine rings is 1. The molecule has 3 fully saturated rings. The highest BCUT2D eigenvalue weighted by atomic mass is 19.1. The third-order valence-electron chi connectivity index (χ3n) is 9.08. The molecule has 0 bridgehead atoms. The summed E-state index contributed by atoms with van der Waals surface area (Å²) in [7, 11) is 0. The molecule has 2 aromatic carbocycles. The Hall–Kier alpha value is -4.02. The quantitative estimate of drug-likeness (QED) is 0.326. The van der Waals surface area contributed by atoms with Gasteiger partial charge in [-0.05, 0) is 79.6 Å². The molecule has 1 aromatic heterocycles. The van der Waals surface area contributed by atoms with Crippen molar-refractivity contribution in [2.24, 2.45) is 0 Å². The summed E-state index contributed by atoms with van der Waals surface area (Å²) in [5.74, 6) is -0.256. The molecule has 1 unspecified atom stereocenters. The molecule has 3 aliphatic rings. The van der Waals surface area contributed by atoms with E-state index in [-0.39, 0.29) is 35.5 Å². The zero-order valence-electron chi connectivity index (χ0n) is 25.0. The number of benzene rings is 2. The second kappa shape index (κ2) is 13.3. The number of aromatic nitrogens is 1. The normalized spacial score (nSPS) is 20.3. The van der Waals surface area contributed by atoms with Gasteiger partial charge in [-0.3, -0.25) is 4.90 Å². The largest absolute Gasteiger partial charge is 0.478 e. The highest BCUT2D eigenvalue weighted by molar-refractivity contribution is 5.87. The first kappa shape index (κ1) is 30.0. The highest BCUT2D eigenvalue weighted by Gasteiger charge is 2.45. The number of carbonyl (C=O) groups is 2. The minimum Gasteiger partial charge on any atom is -0.478 e. The third-order valence-corrected chi connectivity index (χ3v) is 9.08. The van der Waals surface area contributed by atoms with E-state index in [1.54, 1.807) is 24.3 Å². The van der Waals surface area contributed by atoms with E-state index in [4.69, 9.17) is 19.6 Å². The van der Waals surface area contributed by atoms with Gasteiger partial charge in [0, 0.05) is 63.2 Å². The molecule has 10 heteroatoms. The van der Waals surface area contributed by atoms with E-state index in [0.29, 0.717) is 31.4 Å². The minimum absolute atomic E-state index is 0.0651. The molecule has 3 saturated heterocycles. The molecule has 0 saturated carbocycles. The van der Waals surface area contributed by atoms with Crippen LogP contribution in [-0.2, 0) is 17.7 Å². The zero-order valence-corrected chi connectivity index (χ0v) is 25.0. The average molecular weight is 603 g/mol. The number of ether oxygens (including phenoxy) is 2. The fraction of sp³-hybridized carbons (Fsp3) is 0.441. The Kier molecular flexibility index (Phi) is 9.09. The van der Waals surface area contributed by atoms with Crippen LogP contribution in [0.25, 0.3) is 0 Å². The van der Waals surface area contributed by atoms with Gasteiger partial charge in [0.1, 0.15) is 11.6 Å². The number of rotatable bonds is 9. The molecule has 4 heterocycles. The van der Waals surface area contributed by atoms with Crippen molar-refractivity contribution in [1.82, 2.24) is 19.7 Å². The Morgan fingerprint density at radius 2 is 1.77 bits per heavy atom. The summed E-state index contributed by atoms with van der Waals surface area (Å²) >= 11 is 0. The first-order valence-corrected chi connectivity index (χ1v) is 15.5. The average Bonchev–Trinajstić information content (AvgIpc) is 3.39. The van der Waals surface area contributed by atoms with Crippen molar-refractivity contribution in [3.8, 4) is 11.6 Å². The van der Waals surface area contributed by atoms with Gasteiger partial charge in [0.25, 0.3) is 0 Å². The van der Waals surface area contributed by atoms with E-state index < -0.39 is 5.97 Å². The summed E-state index contributed by atoms with van der Waals surface area (Å²) in [5.41, 5.74) is 3.16. The summed E-state index contributed by atoms with van der Waals surface area (Å²) in [5, 5.41) is 9.12. The number of carboxylic acid groups (broad SMARTS) is 1. The van der Waals surface area contributed by atoms with E-state index in [1.807, 2.05) is 21.9 Å². The summed E-state index contributed by atoms with van der Waals surface area (Å²) in [6, 6.07) is 17.0. The van der Waals surface area contributed by atoms with Crippen LogP contribution in [0.5, 0.6) is 11.6 Å². The van der Waals surface area contributed by atoms with Crippen LogP contribution in [0.2, 0.25) is 0 Å². The van der Waals surface area contributed by atoms with Crippen LogP contribution < -0.4 is 4.74 Å². The highest BCUT2D eigenvalue weighted by Crippen LogP contribution is 2.37. The molecule has 44 heavy (non-hydrogen) atoms. The lowest BCUT2D eigenvalue weighted by atomic mass is 9.98. The lowest BCUT2D eigenvalue weighted by Gasteiger charge is -2.39. The number of hydrogen-bond donors (Lipinski definition) is 1. The molecular formula is C34H39FN4O5. The van der Waals surface area contributed by atoms with Gasteiger partial charge in [-0.25, -0.2) is 19.0 Å². The molecule has 3 aromatic rings. The topological polar surface area (TPSA) is 95.4 Å². The molecule has 0 aliphatic carbocycles. The number of halogens is 1. The van der Waals surface area contributed by atoms with Crippen molar-refractivity contribution < 1.29 is 28.6 Å². The predicted octanol–water partition coefficient (Wildman–Crippen LogP) is 5.90. The van der Waals surface area contributed by atoms with Crippen molar-refractivity contribution in [2.75, 3.05) is 32.8 Å². The molecule has 232 valence electrons. The van der Waals surface area contributed by atoms with E-state index in [9.17, 15) is 14.0 Å². The van der Waals surface area contributed by atoms with Crippen molar-refractivity contribution in [2.45, 2.75) is 63.7 Å². The van der Waals surface area contributed by atoms with Crippen molar-refractivity contribution in [1.29, 1.82) is 0 Å². The number of amides is 2. The fourth-order valence-electron chi connectivity index (χ4n) is 6.73. The number of likely N-dealkylation sites (tertiary alicyclic amines) is 1. The Balaban J connectivity index is 1.11. The molecule has 9 nitrogen and oxygen atoms in total. The first-order chi connectivity index (χ1) is 21.4. The van der Waals surface area contributed by atoms with Crippen molar-refractivity contribution in [3.63, 3.8) is 0 Å². The standard InChI is InChI=1S/C34H39FN4O5/c1-2-30-25(8-11-32(36-30)44-29-9-6-23(7-10-29)33(40)41)21-37-16-12-28(13-17-37)39-31(24-4-3-5-26(35)20-24)22-38(34(39)42)27-14-18-43-19-15-27/h3-11,20,27-28,31H,2,12-19,21-22H2,1H3,(H,40,41). The number of aromatic carboxylic acids is 1. The summed E-state index contributed by atoms with van der Waals surface area (Å²) in [6.45, 7) is 6.43. The first-order valence-electron chi connectivity index (χ1n) is 15.5. The van der Waals surface area contributed by atoms with Gasteiger partial charge < -0.3 is 24.4 Å². The monoisotopic (exact) mass is 602 g/mol. The maximum atomic E-state index is 14.3. The fourth-order valence-corrected chi connectivity index (χ4v) is 6.73. The summed E-state index contributed by atoms with van der Waals surface area (Å²) < 4.78 is 25.7. The zero-order chi connectivity index (χ0) is 30.6. The number of carbonyl (C=O) groups excluding carboxylic acids is 1. The van der Waals surface area contributed by atoms with Gasteiger partial charge >= 0.3 is 12.0 Å². The Bertz CT molecular complexity index is 1470. The Labute approximate surface area is 257 Å². The maximum absolute atomic E-state index is 14.3. The second-order valence-electron chi connectivity index (χ2n) is 11.8. The molecule has 1 N–H and O–H groups in total. The van der Waals surface area contributed by atoms with Crippen molar-refractivity contribution in [3.05, 3.63) is 88.9 Å². The van der Waals surface area contributed by atoms with Crippen LogP contribution in [0.1, 0.15) is 65.8 Å². The molecular weight excluding hydrogens is 563 g/mol. The van der Waals surface area contributed by atoms with E-state index >= 15 is 0 Å². The van der Waals surface area contributed by atoms with Gasteiger partial charge in [0.05, 0.1) is 11.6 Å². The molecule has 0 spiro atoms. The molecule has 2 amide bonds. The van der Waals surface area contributed by atoms with E-state index in [2.05, 4.69) is 17.9 Å². The number of nitrogens with zero attached hydrogens (tertiary/aromatic N) is 4. The number of carboxylic acids is 1. The number of hydrogen-bond acceptors (Lipinski definition) is 6.